The number of amides is 3. The fourth-order valence-electron chi connectivity index (χ4n) is 6.66. The van der Waals surface area contributed by atoms with Gasteiger partial charge in [-0.15, -0.1) is 11.3 Å². The number of aryl methyl sites for hydroxylation is 1. The van der Waals surface area contributed by atoms with E-state index >= 15 is 0 Å². The molecule has 12 heteroatoms. The fraction of sp³-hybridized carbons (Fsp3) is 0.647. The van der Waals surface area contributed by atoms with Crippen molar-refractivity contribution in [3.8, 4) is 16.2 Å². The third-order valence-electron chi connectivity index (χ3n) is 9.65. The molecule has 2 aliphatic carbocycles. The summed E-state index contributed by atoms with van der Waals surface area (Å²) in [4.78, 5) is 47.0. The summed E-state index contributed by atoms with van der Waals surface area (Å²) in [5, 5.41) is 5.71. The lowest BCUT2D eigenvalue weighted by molar-refractivity contribution is -0.186. The highest BCUT2D eigenvalue weighted by molar-refractivity contribution is 7.13. The lowest BCUT2D eigenvalue weighted by atomic mass is 9.85. The molecule has 2 aromatic rings. The van der Waals surface area contributed by atoms with Crippen LogP contribution in [0.3, 0.4) is 0 Å². The summed E-state index contributed by atoms with van der Waals surface area (Å²) in [5.41, 5.74) is 2.05. The van der Waals surface area contributed by atoms with Crippen LogP contribution in [0.1, 0.15) is 83.4 Å². The Balaban J connectivity index is 1.15. The van der Waals surface area contributed by atoms with Crippen molar-refractivity contribution >= 4 is 29.1 Å². The number of hydrogen-bond acceptors (Lipinski definition) is 8. The maximum atomic E-state index is 14.5. The molecule has 2 saturated carbocycles. The molecule has 0 radical (unpaired) electrons. The molecule has 2 aliphatic heterocycles. The minimum atomic E-state index is -1.89. The van der Waals surface area contributed by atoms with Gasteiger partial charge in [-0.3, -0.25) is 14.4 Å². The molecule has 4 aliphatic rings. The molecule has 3 amide bonds. The van der Waals surface area contributed by atoms with Crippen LogP contribution < -0.4 is 15.4 Å². The Bertz CT molecular complexity index is 1450. The van der Waals surface area contributed by atoms with E-state index in [1.54, 1.807) is 16.2 Å². The third kappa shape index (κ3) is 6.94. The van der Waals surface area contributed by atoms with Crippen molar-refractivity contribution in [3.63, 3.8) is 0 Å². The number of alkyl halides is 1. The molecule has 1 spiro atoms. The zero-order chi connectivity index (χ0) is 32.7. The van der Waals surface area contributed by atoms with E-state index in [0.29, 0.717) is 38.3 Å². The molecule has 10 nitrogen and oxygen atoms in total. The van der Waals surface area contributed by atoms with E-state index in [1.807, 2.05) is 51.4 Å². The van der Waals surface area contributed by atoms with Gasteiger partial charge in [-0.25, -0.2) is 9.37 Å². The maximum Gasteiger partial charge on any atom is 0.258 e. The zero-order valence-electron chi connectivity index (χ0n) is 27.2. The van der Waals surface area contributed by atoms with E-state index in [0.717, 1.165) is 47.4 Å². The molecular weight excluding hydrogens is 611 g/mol. The van der Waals surface area contributed by atoms with Crippen molar-refractivity contribution in [1.29, 1.82) is 0 Å². The summed E-state index contributed by atoms with van der Waals surface area (Å²) in [6.07, 6.45) is 4.62. The van der Waals surface area contributed by atoms with Gasteiger partial charge < -0.3 is 29.7 Å². The molecule has 3 heterocycles. The van der Waals surface area contributed by atoms with Gasteiger partial charge in [0.2, 0.25) is 11.8 Å². The number of aromatic nitrogens is 1. The topological polar surface area (TPSA) is 119 Å². The fourth-order valence-corrected chi connectivity index (χ4v) is 7.46. The molecule has 2 unspecified atom stereocenters. The summed E-state index contributed by atoms with van der Waals surface area (Å²) in [6.45, 7) is 9.34. The van der Waals surface area contributed by atoms with Gasteiger partial charge in [-0.2, -0.15) is 0 Å². The lowest BCUT2D eigenvalue weighted by Crippen LogP contribution is -2.58. The number of benzene rings is 1. The smallest absolute Gasteiger partial charge is 0.258 e. The number of hydrogen-bond donors (Lipinski definition) is 2. The molecule has 0 bridgehead atoms. The van der Waals surface area contributed by atoms with Crippen LogP contribution in [0.15, 0.2) is 23.7 Å². The number of thiazole rings is 1. The Kier molecular flexibility index (Phi) is 9.17. The van der Waals surface area contributed by atoms with E-state index < -0.39 is 34.9 Å². The first kappa shape index (κ1) is 32.8. The first-order chi connectivity index (χ1) is 21.9. The van der Waals surface area contributed by atoms with Crippen LogP contribution >= 0.6 is 11.3 Å². The Hall–Kier alpha value is -3.09. The second kappa shape index (κ2) is 12.8. The van der Waals surface area contributed by atoms with E-state index in [2.05, 4.69) is 15.6 Å². The standard InChI is InChI=1S/C34H45FN4O6S/c1-21-27(46-20-37-21)22-7-8-23(26(18-22)45-24-9-11-34(12-10-24)43-16-17-44-34)19-36-29(40)25-6-5-15-39(25)30(41)28(32(2,3)4)38-31(42)33(35)13-14-33/h7-8,18,20,24-25,28H,5-6,9-17,19H2,1-4H3,(H,36,40)(H,38,42). The van der Waals surface area contributed by atoms with Crippen LogP contribution in [0.5, 0.6) is 5.75 Å². The second-order valence-corrected chi connectivity index (χ2v) is 15.0. The van der Waals surface area contributed by atoms with Gasteiger partial charge in [-0.05, 0) is 62.5 Å². The van der Waals surface area contributed by atoms with Crippen LogP contribution in [-0.2, 0) is 30.4 Å². The minimum absolute atomic E-state index is 0.0164. The van der Waals surface area contributed by atoms with Gasteiger partial charge in [0.25, 0.3) is 5.91 Å². The Morgan fingerprint density at radius 3 is 2.48 bits per heavy atom. The Morgan fingerprint density at radius 2 is 1.85 bits per heavy atom. The number of halogens is 1. The van der Waals surface area contributed by atoms with E-state index in [1.165, 1.54) is 0 Å². The van der Waals surface area contributed by atoms with Crippen molar-refractivity contribution in [2.45, 2.75) is 115 Å². The number of nitrogens with zero attached hydrogens (tertiary/aromatic N) is 2. The Labute approximate surface area is 273 Å². The average Bonchev–Trinajstić information content (AvgIpc) is 3.40. The predicted molar refractivity (Wildman–Crippen MR) is 171 cm³/mol. The summed E-state index contributed by atoms with van der Waals surface area (Å²) in [6, 6.07) is 4.39. The number of ether oxygens (including phenoxy) is 3. The van der Waals surface area contributed by atoms with Gasteiger partial charge >= 0.3 is 0 Å². The molecule has 4 fully saturated rings. The largest absolute Gasteiger partial charge is 0.490 e. The SMILES string of the molecule is Cc1ncsc1-c1ccc(CNC(=O)C2CCCN2C(=O)C(NC(=O)C2(F)CC2)C(C)(C)C)c(OC2CCC3(CC2)OCCO3)c1. The van der Waals surface area contributed by atoms with Crippen molar-refractivity contribution in [2.75, 3.05) is 19.8 Å². The summed E-state index contributed by atoms with van der Waals surface area (Å²) in [5.74, 6) is -1.15. The summed E-state index contributed by atoms with van der Waals surface area (Å²) < 4.78 is 32.9. The number of nitrogens with one attached hydrogen (secondary N) is 2. The highest BCUT2D eigenvalue weighted by Crippen LogP contribution is 2.41. The second-order valence-electron chi connectivity index (χ2n) is 14.2. The molecule has 46 heavy (non-hydrogen) atoms. The van der Waals surface area contributed by atoms with Crippen molar-refractivity contribution in [1.82, 2.24) is 20.5 Å². The monoisotopic (exact) mass is 656 g/mol. The first-order valence-electron chi connectivity index (χ1n) is 16.4. The van der Waals surface area contributed by atoms with E-state index in [-0.39, 0.29) is 37.3 Å². The molecule has 2 saturated heterocycles. The van der Waals surface area contributed by atoms with E-state index in [9.17, 15) is 18.8 Å². The normalized spacial score (nSPS) is 22.9. The number of likely N-dealkylation sites (tertiary alicyclic amines) is 1. The average molecular weight is 657 g/mol. The highest BCUT2D eigenvalue weighted by atomic mass is 32.1. The van der Waals surface area contributed by atoms with Gasteiger partial charge in [0.15, 0.2) is 11.5 Å². The quantitative estimate of drug-likeness (QED) is 0.397. The molecule has 1 aromatic heterocycles. The van der Waals surface area contributed by atoms with Gasteiger partial charge in [0.1, 0.15) is 17.8 Å². The van der Waals surface area contributed by atoms with Crippen LogP contribution in [0.2, 0.25) is 0 Å². The molecule has 250 valence electrons. The summed E-state index contributed by atoms with van der Waals surface area (Å²) in [7, 11) is 0. The van der Waals surface area contributed by atoms with Crippen molar-refractivity contribution in [2.24, 2.45) is 5.41 Å². The number of carbonyl (C=O) groups is 3. The third-order valence-corrected chi connectivity index (χ3v) is 10.6. The van der Waals surface area contributed by atoms with Crippen LogP contribution in [0, 0.1) is 12.3 Å². The zero-order valence-corrected chi connectivity index (χ0v) is 28.0. The Morgan fingerprint density at radius 1 is 1.13 bits per heavy atom. The first-order valence-corrected chi connectivity index (χ1v) is 17.3. The van der Waals surface area contributed by atoms with Gasteiger partial charge in [0.05, 0.1) is 35.4 Å². The van der Waals surface area contributed by atoms with E-state index in [4.69, 9.17) is 14.2 Å². The summed E-state index contributed by atoms with van der Waals surface area (Å²) >= 11 is 1.57. The molecule has 2 N–H and O–H groups in total. The van der Waals surface area contributed by atoms with Crippen LogP contribution in [0.25, 0.3) is 10.4 Å². The predicted octanol–water partition coefficient (Wildman–Crippen LogP) is 4.82. The minimum Gasteiger partial charge on any atom is -0.490 e. The van der Waals surface area contributed by atoms with Crippen LogP contribution in [-0.4, -0.2) is 77.0 Å². The molecule has 2 atom stereocenters. The molecule has 1 aromatic carbocycles. The number of rotatable bonds is 9. The van der Waals surface area contributed by atoms with Gasteiger partial charge in [-0.1, -0.05) is 32.9 Å². The van der Waals surface area contributed by atoms with Crippen molar-refractivity contribution < 1.29 is 33.0 Å². The maximum absolute atomic E-state index is 14.5. The van der Waals surface area contributed by atoms with Crippen molar-refractivity contribution in [3.05, 3.63) is 35.0 Å². The van der Waals surface area contributed by atoms with Crippen LogP contribution in [0.4, 0.5) is 4.39 Å². The molecular formula is C34H45FN4O6S. The molecule has 6 rings (SSSR count). The lowest BCUT2D eigenvalue weighted by Gasteiger charge is -2.36. The highest BCUT2D eigenvalue weighted by Gasteiger charge is 2.53. The van der Waals surface area contributed by atoms with Gasteiger partial charge in [0, 0.05) is 31.5 Å². The number of carbonyl (C=O) groups excluding carboxylic acids is 3.